The van der Waals surface area contributed by atoms with Crippen molar-refractivity contribution in [2.75, 3.05) is 18.0 Å². The summed E-state index contributed by atoms with van der Waals surface area (Å²) in [7, 11) is 0. The Morgan fingerprint density at radius 2 is 1.89 bits per heavy atom. The van der Waals surface area contributed by atoms with Gasteiger partial charge in [-0.1, -0.05) is 42.5 Å². The largest absolute Gasteiger partial charge is 0.477 e. The van der Waals surface area contributed by atoms with Crippen molar-refractivity contribution in [2.24, 2.45) is 0 Å². The fourth-order valence-electron chi connectivity index (χ4n) is 3.98. The molecule has 4 aromatic rings. The fraction of sp³-hybridized carbons (Fsp3) is 0.185. The van der Waals surface area contributed by atoms with Crippen molar-refractivity contribution in [3.63, 3.8) is 0 Å². The van der Waals surface area contributed by atoms with E-state index in [0.717, 1.165) is 22.6 Å². The van der Waals surface area contributed by atoms with Gasteiger partial charge in [0.1, 0.15) is 15.6 Å². The summed E-state index contributed by atoms with van der Waals surface area (Å²) in [4.78, 5) is 37.6. The molecule has 35 heavy (non-hydrogen) atoms. The molecule has 1 aliphatic heterocycles. The fourth-order valence-corrected chi connectivity index (χ4v) is 4.99. The lowest BCUT2D eigenvalue weighted by Gasteiger charge is -2.34. The number of anilines is 1. The van der Waals surface area contributed by atoms with Gasteiger partial charge < -0.3 is 10.1 Å². The van der Waals surface area contributed by atoms with E-state index in [1.165, 1.54) is 11.3 Å². The average Bonchev–Trinajstić information content (AvgIpc) is 3.30. The monoisotopic (exact) mass is 484 g/mol. The molecule has 3 heterocycles. The molecule has 1 N–H and O–H groups in total. The molecule has 1 atom stereocenters. The molecule has 5 rings (SSSR count). The number of para-hydroxylation sites is 2. The van der Waals surface area contributed by atoms with Gasteiger partial charge in [-0.2, -0.15) is 0 Å². The lowest BCUT2D eigenvalue weighted by molar-refractivity contribution is -0.127. The van der Waals surface area contributed by atoms with Crippen LogP contribution in [0.2, 0.25) is 0 Å². The normalized spacial score (nSPS) is 14.7. The third kappa shape index (κ3) is 4.93. The zero-order valence-corrected chi connectivity index (χ0v) is 20.0. The first-order valence-corrected chi connectivity index (χ1v) is 12.2. The number of carbonyl (C=O) groups excluding carboxylic acids is 2. The maximum Gasteiger partial charge on any atom is 0.270 e. The van der Waals surface area contributed by atoms with Gasteiger partial charge in [0.05, 0.1) is 17.9 Å². The summed E-state index contributed by atoms with van der Waals surface area (Å²) in [6.07, 6.45) is 3.34. The summed E-state index contributed by atoms with van der Waals surface area (Å²) in [5.41, 5.74) is 3.29. The average molecular weight is 485 g/mol. The molecule has 8 heteroatoms. The highest BCUT2D eigenvalue weighted by Gasteiger charge is 2.35. The van der Waals surface area contributed by atoms with E-state index in [1.807, 2.05) is 67.6 Å². The Labute approximate surface area is 207 Å². The minimum absolute atomic E-state index is 0.118. The Balaban J connectivity index is 1.35. The molecule has 0 radical (unpaired) electrons. The summed E-state index contributed by atoms with van der Waals surface area (Å²) < 4.78 is 5.99. The molecule has 0 spiro atoms. The van der Waals surface area contributed by atoms with Crippen molar-refractivity contribution in [2.45, 2.75) is 19.4 Å². The van der Waals surface area contributed by atoms with Crippen LogP contribution in [0.5, 0.6) is 5.75 Å². The number of aryl methyl sites for hydroxylation is 1. The number of hydrogen-bond acceptors (Lipinski definition) is 6. The molecular weight excluding hydrogens is 460 g/mol. The second-order valence-corrected chi connectivity index (χ2v) is 9.19. The SMILES string of the molecule is Cc1nc(-c2cccnc2)sc1C(=O)N1C[C@@H](C(=O)NCCc2ccccc2)Oc2ccccc21. The molecule has 2 aromatic heterocycles. The minimum Gasteiger partial charge on any atom is -0.477 e. The molecule has 0 fully saturated rings. The summed E-state index contributed by atoms with van der Waals surface area (Å²) in [6.45, 7) is 2.43. The van der Waals surface area contributed by atoms with Crippen molar-refractivity contribution in [3.8, 4) is 16.3 Å². The standard InChI is InChI=1S/C27H24N4O3S/c1-18-24(35-26(30-18)20-10-7-14-28-16-20)27(33)31-17-23(34-22-12-6-5-11-21(22)31)25(32)29-15-13-19-8-3-2-4-9-19/h2-12,14,16,23H,13,15,17H2,1H3,(H,29,32)/t23-/m0/s1. The number of pyridine rings is 1. The van der Waals surface area contributed by atoms with Crippen molar-refractivity contribution >= 4 is 28.8 Å². The van der Waals surface area contributed by atoms with Crippen LogP contribution in [0.4, 0.5) is 5.69 Å². The van der Waals surface area contributed by atoms with E-state index in [0.29, 0.717) is 28.6 Å². The second-order valence-electron chi connectivity index (χ2n) is 8.19. The van der Waals surface area contributed by atoms with Gasteiger partial charge in [0.2, 0.25) is 0 Å². The topological polar surface area (TPSA) is 84.4 Å². The quantitative estimate of drug-likeness (QED) is 0.442. The van der Waals surface area contributed by atoms with E-state index in [9.17, 15) is 9.59 Å². The van der Waals surface area contributed by atoms with Crippen LogP contribution in [0.15, 0.2) is 79.1 Å². The summed E-state index contributed by atoms with van der Waals surface area (Å²) in [6, 6.07) is 21.0. The summed E-state index contributed by atoms with van der Waals surface area (Å²) in [5, 5.41) is 3.68. The second kappa shape index (κ2) is 10.1. The third-order valence-electron chi connectivity index (χ3n) is 5.77. The van der Waals surface area contributed by atoms with E-state index < -0.39 is 6.10 Å². The predicted octanol–water partition coefficient (Wildman–Crippen LogP) is 4.28. The van der Waals surface area contributed by atoms with E-state index in [4.69, 9.17) is 4.74 Å². The van der Waals surface area contributed by atoms with Gasteiger partial charge >= 0.3 is 0 Å². The first kappa shape index (κ1) is 22.7. The third-order valence-corrected chi connectivity index (χ3v) is 6.96. The number of carbonyl (C=O) groups is 2. The molecule has 2 amide bonds. The van der Waals surface area contributed by atoms with E-state index >= 15 is 0 Å². The molecule has 7 nitrogen and oxygen atoms in total. The van der Waals surface area contributed by atoms with Crippen molar-refractivity contribution in [1.29, 1.82) is 0 Å². The van der Waals surface area contributed by atoms with Crippen LogP contribution in [0.3, 0.4) is 0 Å². The molecule has 2 aromatic carbocycles. The Hall–Kier alpha value is -4.04. The lowest BCUT2D eigenvalue weighted by Crippen LogP contribution is -2.51. The Kier molecular flexibility index (Phi) is 6.54. The van der Waals surface area contributed by atoms with Crippen molar-refractivity contribution in [3.05, 3.63) is 95.3 Å². The van der Waals surface area contributed by atoms with Gasteiger partial charge in [-0.3, -0.25) is 19.5 Å². The van der Waals surface area contributed by atoms with Crippen molar-refractivity contribution < 1.29 is 14.3 Å². The number of nitrogens with one attached hydrogen (secondary N) is 1. The maximum absolute atomic E-state index is 13.7. The first-order valence-electron chi connectivity index (χ1n) is 11.4. The van der Waals surface area contributed by atoms with Gasteiger partial charge in [-0.15, -0.1) is 11.3 Å². The zero-order chi connectivity index (χ0) is 24.2. The van der Waals surface area contributed by atoms with Crippen LogP contribution in [0, 0.1) is 6.92 Å². The maximum atomic E-state index is 13.7. The molecule has 0 unspecified atom stereocenters. The Morgan fingerprint density at radius 1 is 1.09 bits per heavy atom. The van der Waals surface area contributed by atoms with Crippen LogP contribution >= 0.6 is 11.3 Å². The molecule has 0 aliphatic carbocycles. The number of benzene rings is 2. The van der Waals surface area contributed by atoms with E-state index in [-0.39, 0.29) is 18.4 Å². The van der Waals surface area contributed by atoms with Gasteiger partial charge in [0.15, 0.2) is 6.10 Å². The summed E-state index contributed by atoms with van der Waals surface area (Å²) in [5.74, 6) is 0.0586. The highest BCUT2D eigenvalue weighted by atomic mass is 32.1. The number of amides is 2. The number of nitrogens with zero attached hydrogens (tertiary/aromatic N) is 3. The molecular formula is C27H24N4O3S. The van der Waals surface area contributed by atoms with Gasteiger partial charge in [-0.05, 0) is 43.2 Å². The summed E-state index contributed by atoms with van der Waals surface area (Å²) >= 11 is 1.33. The first-order chi connectivity index (χ1) is 17.1. The van der Waals surface area contributed by atoms with Crippen LogP contribution in [0.25, 0.3) is 10.6 Å². The van der Waals surface area contributed by atoms with Crippen LogP contribution in [-0.2, 0) is 11.2 Å². The Bertz CT molecular complexity index is 1340. The van der Waals surface area contributed by atoms with E-state index in [1.54, 1.807) is 23.4 Å². The number of thiazole rings is 1. The Morgan fingerprint density at radius 3 is 2.69 bits per heavy atom. The van der Waals surface area contributed by atoms with Crippen LogP contribution in [-0.4, -0.2) is 41.0 Å². The lowest BCUT2D eigenvalue weighted by atomic mass is 10.1. The highest BCUT2D eigenvalue weighted by Crippen LogP contribution is 2.36. The van der Waals surface area contributed by atoms with Gasteiger partial charge in [0, 0.05) is 24.5 Å². The predicted molar refractivity (Wildman–Crippen MR) is 136 cm³/mol. The minimum atomic E-state index is -0.810. The van der Waals surface area contributed by atoms with Gasteiger partial charge in [0.25, 0.3) is 11.8 Å². The molecule has 0 saturated carbocycles. The number of ether oxygens (including phenoxy) is 1. The smallest absolute Gasteiger partial charge is 0.270 e. The number of fused-ring (bicyclic) bond motifs is 1. The molecule has 0 saturated heterocycles. The van der Waals surface area contributed by atoms with Crippen molar-refractivity contribution in [1.82, 2.24) is 15.3 Å². The zero-order valence-electron chi connectivity index (χ0n) is 19.2. The van der Waals surface area contributed by atoms with Crippen LogP contribution < -0.4 is 15.0 Å². The van der Waals surface area contributed by atoms with Gasteiger partial charge in [-0.25, -0.2) is 4.98 Å². The van der Waals surface area contributed by atoms with E-state index in [2.05, 4.69) is 15.3 Å². The van der Waals surface area contributed by atoms with Crippen LogP contribution in [0.1, 0.15) is 20.9 Å². The molecule has 176 valence electrons. The number of hydrogen-bond donors (Lipinski definition) is 1. The number of rotatable bonds is 6. The molecule has 1 aliphatic rings. The number of aromatic nitrogens is 2. The highest BCUT2D eigenvalue weighted by molar-refractivity contribution is 7.17. The molecule has 0 bridgehead atoms.